The minimum Gasteiger partial charge on any atom is -0.477 e. The summed E-state index contributed by atoms with van der Waals surface area (Å²) in [5, 5.41) is 4.31. The van der Waals surface area contributed by atoms with Crippen LogP contribution in [0.4, 0.5) is 5.82 Å². The standard InChI is InChI=1S/C19H24N6O2/c1-12-13(2)20-11-21-17(12)23-7-14-9-24(10-15(14)8-23)18(26)16-6-22-25-4-3-5-27-19(16)25/h6,11,14-15H,3-5,7-10H2,1-2H3. The van der Waals surface area contributed by atoms with E-state index in [1.54, 1.807) is 17.2 Å². The van der Waals surface area contributed by atoms with Crippen molar-refractivity contribution < 1.29 is 9.53 Å². The van der Waals surface area contributed by atoms with Crippen molar-refractivity contribution in [1.82, 2.24) is 24.6 Å². The van der Waals surface area contributed by atoms with Crippen molar-refractivity contribution in [3.8, 4) is 5.88 Å². The average molecular weight is 368 g/mol. The second-order valence-corrected chi connectivity index (χ2v) is 7.83. The number of carbonyl (C=O) groups is 1. The van der Waals surface area contributed by atoms with Crippen molar-refractivity contribution in [1.29, 1.82) is 0 Å². The highest BCUT2D eigenvalue weighted by atomic mass is 16.5. The predicted molar refractivity (Wildman–Crippen MR) is 98.9 cm³/mol. The van der Waals surface area contributed by atoms with Gasteiger partial charge in [0.2, 0.25) is 5.88 Å². The zero-order valence-electron chi connectivity index (χ0n) is 15.8. The molecule has 0 spiro atoms. The third-order valence-corrected chi connectivity index (χ3v) is 6.16. The fraction of sp³-hybridized carbons (Fsp3) is 0.579. The Morgan fingerprint density at radius 1 is 1.15 bits per heavy atom. The zero-order chi connectivity index (χ0) is 18.5. The van der Waals surface area contributed by atoms with E-state index in [4.69, 9.17) is 4.74 Å². The highest BCUT2D eigenvalue weighted by Crippen LogP contribution is 2.36. The monoisotopic (exact) mass is 368 g/mol. The average Bonchev–Trinajstić information content (AvgIpc) is 3.36. The second-order valence-electron chi connectivity index (χ2n) is 7.83. The maximum absolute atomic E-state index is 13.0. The van der Waals surface area contributed by atoms with Crippen LogP contribution in [0.1, 0.15) is 28.0 Å². The topological polar surface area (TPSA) is 76.4 Å². The van der Waals surface area contributed by atoms with Crippen LogP contribution in [0.5, 0.6) is 5.88 Å². The highest BCUT2D eigenvalue weighted by molar-refractivity contribution is 5.96. The van der Waals surface area contributed by atoms with Crippen LogP contribution < -0.4 is 9.64 Å². The molecule has 0 aromatic carbocycles. The molecular formula is C19H24N6O2. The lowest BCUT2D eigenvalue weighted by Gasteiger charge is -2.24. The summed E-state index contributed by atoms with van der Waals surface area (Å²) in [5.41, 5.74) is 2.78. The molecule has 2 fully saturated rings. The van der Waals surface area contributed by atoms with Crippen LogP contribution in [0.15, 0.2) is 12.5 Å². The molecule has 3 aliphatic rings. The van der Waals surface area contributed by atoms with Gasteiger partial charge in [0.1, 0.15) is 17.7 Å². The van der Waals surface area contributed by atoms with Crippen LogP contribution in [0.2, 0.25) is 0 Å². The molecule has 2 aromatic heterocycles. The maximum Gasteiger partial charge on any atom is 0.261 e. The summed E-state index contributed by atoms with van der Waals surface area (Å²) < 4.78 is 7.50. The van der Waals surface area contributed by atoms with Crippen LogP contribution in [0.25, 0.3) is 0 Å². The zero-order valence-corrected chi connectivity index (χ0v) is 15.8. The Morgan fingerprint density at radius 2 is 1.93 bits per heavy atom. The van der Waals surface area contributed by atoms with Gasteiger partial charge in [0.05, 0.1) is 12.8 Å². The quantitative estimate of drug-likeness (QED) is 0.795. The molecular weight excluding hydrogens is 344 g/mol. The summed E-state index contributed by atoms with van der Waals surface area (Å²) in [6.07, 6.45) is 4.25. The Labute approximate surface area is 158 Å². The largest absolute Gasteiger partial charge is 0.477 e. The number of fused-ring (bicyclic) bond motifs is 2. The molecule has 142 valence electrons. The summed E-state index contributed by atoms with van der Waals surface area (Å²) in [6, 6.07) is 0. The number of hydrogen-bond donors (Lipinski definition) is 0. The number of hydrogen-bond acceptors (Lipinski definition) is 6. The van der Waals surface area contributed by atoms with Crippen molar-refractivity contribution in [3.63, 3.8) is 0 Å². The fourth-order valence-corrected chi connectivity index (χ4v) is 4.56. The highest BCUT2D eigenvalue weighted by Gasteiger charge is 2.43. The smallest absolute Gasteiger partial charge is 0.261 e. The first-order valence-corrected chi connectivity index (χ1v) is 9.63. The van der Waals surface area contributed by atoms with E-state index in [1.165, 1.54) is 0 Å². The lowest BCUT2D eigenvalue weighted by molar-refractivity contribution is 0.0775. The minimum atomic E-state index is 0.0492. The number of amides is 1. The molecule has 0 N–H and O–H groups in total. The first-order chi connectivity index (χ1) is 13.1. The molecule has 0 saturated carbocycles. The molecule has 5 rings (SSSR count). The Kier molecular flexibility index (Phi) is 3.80. The van der Waals surface area contributed by atoms with Crippen molar-refractivity contribution in [3.05, 3.63) is 29.3 Å². The van der Waals surface area contributed by atoms with Crippen molar-refractivity contribution in [2.24, 2.45) is 11.8 Å². The molecule has 2 atom stereocenters. The number of nitrogens with zero attached hydrogens (tertiary/aromatic N) is 6. The third-order valence-electron chi connectivity index (χ3n) is 6.16. The first kappa shape index (κ1) is 16.5. The van der Waals surface area contributed by atoms with Crippen LogP contribution >= 0.6 is 0 Å². The summed E-state index contributed by atoms with van der Waals surface area (Å²) in [5.74, 6) is 2.69. The number of rotatable bonds is 2. The normalized spacial score (nSPS) is 23.9. The SMILES string of the molecule is Cc1ncnc(N2CC3CN(C(=O)c4cnn5c4OCCC5)CC3C2)c1C. The van der Waals surface area contributed by atoms with Crippen molar-refractivity contribution in [2.45, 2.75) is 26.8 Å². The fourth-order valence-electron chi connectivity index (χ4n) is 4.56. The lowest BCUT2D eigenvalue weighted by atomic mass is 10.0. The van der Waals surface area contributed by atoms with E-state index in [9.17, 15) is 4.79 Å². The summed E-state index contributed by atoms with van der Waals surface area (Å²) in [4.78, 5) is 26.1. The van der Waals surface area contributed by atoms with Crippen molar-refractivity contribution >= 4 is 11.7 Å². The van der Waals surface area contributed by atoms with Gasteiger partial charge >= 0.3 is 0 Å². The summed E-state index contributed by atoms with van der Waals surface area (Å²) >= 11 is 0. The van der Waals surface area contributed by atoms with E-state index in [0.717, 1.165) is 56.2 Å². The number of ether oxygens (including phenoxy) is 1. The van der Waals surface area contributed by atoms with Gasteiger partial charge in [0, 0.05) is 62.2 Å². The van der Waals surface area contributed by atoms with Crippen molar-refractivity contribution in [2.75, 3.05) is 37.7 Å². The van der Waals surface area contributed by atoms with Gasteiger partial charge in [-0.15, -0.1) is 0 Å². The van der Waals surface area contributed by atoms with E-state index in [2.05, 4.69) is 26.9 Å². The number of likely N-dealkylation sites (tertiary alicyclic amines) is 1. The number of carbonyl (C=O) groups excluding carboxylic acids is 1. The van der Waals surface area contributed by atoms with Crippen LogP contribution in [-0.2, 0) is 6.54 Å². The Balaban J connectivity index is 1.29. The summed E-state index contributed by atoms with van der Waals surface area (Å²) in [6.45, 7) is 9.03. The number of aromatic nitrogens is 4. The lowest BCUT2D eigenvalue weighted by Crippen LogP contribution is -2.34. The molecule has 2 saturated heterocycles. The van der Waals surface area contributed by atoms with Gasteiger partial charge in [-0.25, -0.2) is 14.6 Å². The van der Waals surface area contributed by atoms with Crippen LogP contribution in [0.3, 0.4) is 0 Å². The number of aryl methyl sites for hydroxylation is 2. The van der Waals surface area contributed by atoms with Gasteiger partial charge in [-0.3, -0.25) is 4.79 Å². The Bertz CT molecular complexity index is 880. The molecule has 0 bridgehead atoms. The Hall–Kier alpha value is -2.64. The van der Waals surface area contributed by atoms with E-state index < -0.39 is 0 Å². The summed E-state index contributed by atoms with van der Waals surface area (Å²) in [7, 11) is 0. The second kappa shape index (κ2) is 6.21. The van der Waals surface area contributed by atoms with Gasteiger partial charge < -0.3 is 14.5 Å². The first-order valence-electron chi connectivity index (χ1n) is 9.63. The van der Waals surface area contributed by atoms with E-state index >= 15 is 0 Å². The van der Waals surface area contributed by atoms with Crippen LogP contribution in [-0.4, -0.2) is 63.3 Å². The molecule has 0 radical (unpaired) electrons. The molecule has 5 heterocycles. The minimum absolute atomic E-state index is 0.0492. The molecule has 2 aromatic rings. The van der Waals surface area contributed by atoms with Gasteiger partial charge in [0.15, 0.2) is 0 Å². The predicted octanol–water partition coefficient (Wildman–Crippen LogP) is 1.28. The number of anilines is 1. The van der Waals surface area contributed by atoms with Gasteiger partial charge in [0.25, 0.3) is 5.91 Å². The van der Waals surface area contributed by atoms with E-state index in [0.29, 0.717) is 29.9 Å². The molecule has 2 unspecified atom stereocenters. The van der Waals surface area contributed by atoms with E-state index in [1.807, 2.05) is 11.8 Å². The molecule has 3 aliphatic heterocycles. The molecule has 1 amide bonds. The third kappa shape index (κ3) is 2.65. The molecule has 8 nitrogen and oxygen atoms in total. The van der Waals surface area contributed by atoms with Gasteiger partial charge in [-0.05, 0) is 13.8 Å². The molecule has 27 heavy (non-hydrogen) atoms. The van der Waals surface area contributed by atoms with Crippen LogP contribution in [0, 0.1) is 25.7 Å². The maximum atomic E-state index is 13.0. The van der Waals surface area contributed by atoms with Gasteiger partial charge in [-0.2, -0.15) is 5.10 Å². The van der Waals surface area contributed by atoms with E-state index in [-0.39, 0.29) is 5.91 Å². The van der Waals surface area contributed by atoms with Gasteiger partial charge in [-0.1, -0.05) is 0 Å². The molecule has 0 aliphatic carbocycles. The Morgan fingerprint density at radius 3 is 2.70 bits per heavy atom. The molecule has 8 heteroatoms.